The maximum Gasteiger partial charge on any atom is 0.270 e. The summed E-state index contributed by atoms with van der Waals surface area (Å²) in [5.41, 5.74) is 5.20. The van der Waals surface area contributed by atoms with Crippen LogP contribution in [0.2, 0.25) is 0 Å². The fourth-order valence-electron chi connectivity index (χ4n) is 3.86. The number of rotatable bonds is 4. The second-order valence-electron chi connectivity index (χ2n) is 7.66. The highest BCUT2D eigenvalue weighted by molar-refractivity contribution is 7.80. The molecule has 4 rings (SSSR count). The van der Waals surface area contributed by atoms with Crippen LogP contribution in [0.5, 0.6) is 5.75 Å². The van der Waals surface area contributed by atoms with Crippen LogP contribution in [0.4, 0.5) is 5.69 Å². The number of thiocarbonyl (C=S) groups is 1. The number of phenolic OH excluding ortho intramolecular Hbond substituents is 1. The van der Waals surface area contributed by atoms with Gasteiger partial charge in [0.05, 0.1) is 5.69 Å². The van der Waals surface area contributed by atoms with Gasteiger partial charge >= 0.3 is 0 Å². The van der Waals surface area contributed by atoms with Crippen molar-refractivity contribution in [3.63, 3.8) is 0 Å². The number of nitrogens with one attached hydrogen (secondary N) is 1. The van der Waals surface area contributed by atoms with Gasteiger partial charge in [-0.2, -0.15) is 0 Å². The van der Waals surface area contributed by atoms with Crippen LogP contribution in [0.25, 0.3) is 11.8 Å². The monoisotopic (exact) mass is 445 g/mol. The number of carbonyl (C=O) groups is 2. The molecule has 0 spiro atoms. The molecule has 3 aromatic rings. The zero-order chi connectivity index (χ0) is 23.0. The van der Waals surface area contributed by atoms with Gasteiger partial charge in [-0.15, -0.1) is 0 Å². The van der Waals surface area contributed by atoms with Crippen LogP contribution in [0.3, 0.4) is 0 Å². The Bertz CT molecular complexity index is 1250. The molecule has 7 heteroatoms. The third-order valence-electron chi connectivity index (χ3n) is 5.58. The first kappa shape index (κ1) is 21.5. The second kappa shape index (κ2) is 8.43. The lowest BCUT2D eigenvalue weighted by molar-refractivity contribution is -0.122. The molecule has 0 saturated carbocycles. The third kappa shape index (κ3) is 3.83. The molecule has 162 valence electrons. The van der Waals surface area contributed by atoms with Gasteiger partial charge in [0.2, 0.25) is 0 Å². The van der Waals surface area contributed by atoms with Crippen LogP contribution in [0.15, 0.2) is 60.2 Å². The van der Waals surface area contributed by atoms with Gasteiger partial charge < -0.3 is 9.67 Å². The minimum Gasteiger partial charge on any atom is -0.508 e. The summed E-state index contributed by atoms with van der Waals surface area (Å²) in [6.07, 6.45) is 2.49. The normalized spacial score (nSPS) is 15.4. The highest BCUT2D eigenvalue weighted by Crippen LogP contribution is 2.27. The van der Waals surface area contributed by atoms with E-state index >= 15 is 0 Å². The zero-order valence-electron chi connectivity index (χ0n) is 18.0. The van der Waals surface area contributed by atoms with E-state index in [4.69, 9.17) is 12.2 Å². The van der Waals surface area contributed by atoms with Gasteiger partial charge in [-0.25, -0.2) is 0 Å². The van der Waals surface area contributed by atoms with E-state index in [-0.39, 0.29) is 16.4 Å². The van der Waals surface area contributed by atoms with E-state index in [1.165, 1.54) is 4.90 Å². The number of aromatic nitrogens is 1. The third-order valence-corrected chi connectivity index (χ3v) is 5.87. The largest absolute Gasteiger partial charge is 0.508 e. The van der Waals surface area contributed by atoms with E-state index in [2.05, 4.69) is 12.2 Å². The Kier molecular flexibility index (Phi) is 5.67. The Balaban J connectivity index is 1.73. The lowest BCUT2D eigenvalue weighted by atomic mass is 10.1. The first-order valence-corrected chi connectivity index (χ1v) is 10.7. The van der Waals surface area contributed by atoms with Crippen molar-refractivity contribution in [2.75, 3.05) is 4.90 Å². The summed E-state index contributed by atoms with van der Waals surface area (Å²) in [6.45, 7) is 5.92. The van der Waals surface area contributed by atoms with Gasteiger partial charge in [0.1, 0.15) is 11.3 Å². The first-order chi connectivity index (χ1) is 15.3. The van der Waals surface area contributed by atoms with Crippen LogP contribution in [0, 0.1) is 13.8 Å². The van der Waals surface area contributed by atoms with Gasteiger partial charge in [-0.1, -0.05) is 19.1 Å². The van der Waals surface area contributed by atoms with E-state index in [9.17, 15) is 14.7 Å². The lowest BCUT2D eigenvalue weighted by Crippen LogP contribution is -2.54. The topological polar surface area (TPSA) is 74.6 Å². The van der Waals surface area contributed by atoms with E-state index in [0.717, 1.165) is 34.6 Å². The van der Waals surface area contributed by atoms with Crippen LogP contribution in [-0.2, 0) is 16.0 Å². The molecule has 0 radical (unpaired) electrons. The van der Waals surface area contributed by atoms with Crippen LogP contribution < -0.4 is 10.2 Å². The Morgan fingerprint density at radius 1 is 1.00 bits per heavy atom. The Labute approximate surface area is 191 Å². The molecule has 1 aliphatic rings. The number of amides is 2. The minimum atomic E-state index is -0.518. The predicted octanol–water partition coefficient (Wildman–Crippen LogP) is 4.19. The number of phenols is 1. The fraction of sp³-hybridized carbons (Fsp3) is 0.160. The second-order valence-corrected chi connectivity index (χ2v) is 8.04. The van der Waals surface area contributed by atoms with Gasteiger partial charge in [0.25, 0.3) is 11.8 Å². The molecule has 32 heavy (non-hydrogen) atoms. The smallest absolute Gasteiger partial charge is 0.270 e. The minimum absolute atomic E-state index is 0.0177. The van der Waals surface area contributed by atoms with Crippen molar-refractivity contribution >= 4 is 40.9 Å². The molecule has 2 heterocycles. The number of aryl methyl sites for hydroxylation is 2. The molecular formula is C25H23N3O3S. The summed E-state index contributed by atoms with van der Waals surface area (Å²) in [5.74, 6) is -0.792. The van der Waals surface area contributed by atoms with Crippen molar-refractivity contribution in [3.05, 3.63) is 82.7 Å². The molecule has 0 bridgehead atoms. The molecule has 2 N–H and O–H groups in total. The molecule has 1 aromatic heterocycles. The predicted molar refractivity (Wildman–Crippen MR) is 129 cm³/mol. The Hall–Kier alpha value is -3.71. The zero-order valence-corrected chi connectivity index (χ0v) is 18.9. The number of anilines is 1. The highest BCUT2D eigenvalue weighted by Gasteiger charge is 2.34. The molecular weight excluding hydrogens is 422 g/mol. The van der Waals surface area contributed by atoms with Gasteiger partial charge in [0, 0.05) is 17.1 Å². The average molecular weight is 446 g/mol. The average Bonchev–Trinajstić information content (AvgIpc) is 3.05. The van der Waals surface area contributed by atoms with E-state index in [1.54, 1.807) is 18.2 Å². The molecule has 2 aromatic carbocycles. The molecule has 2 amide bonds. The summed E-state index contributed by atoms with van der Waals surface area (Å²) in [5, 5.41) is 12.3. The van der Waals surface area contributed by atoms with Crippen molar-refractivity contribution in [2.24, 2.45) is 0 Å². The van der Waals surface area contributed by atoms with E-state index in [1.807, 2.05) is 60.9 Å². The summed E-state index contributed by atoms with van der Waals surface area (Å²) >= 11 is 5.29. The maximum atomic E-state index is 13.3. The number of hydrogen-bond acceptors (Lipinski definition) is 4. The highest BCUT2D eigenvalue weighted by atomic mass is 32.1. The molecule has 6 nitrogen and oxygen atoms in total. The van der Waals surface area contributed by atoms with Crippen LogP contribution in [-0.4, -0.2) is 26.6 Å². The Morgan fingerprint density at radius 2 is 1.62 bits per heavy atom. The molecule has 1 aliphatic heterocycles. The Morgan fingerprint density at radius 3 is 2.25 bits per heavy atom. The van der Waals surface area contributed by atoms with Gasteiger partial charge in [0.15, 0.2) is 5.11 Å². The van der Waals surface area contributed by atoms with Crippen LogP contribution >= 0.6 is 12.2 Å². The van der Waals surface area contributed by atoms with Crippen molar-refractivity contribution in [1.29, 1.82) is 0 Å². The van der Waals surface area contributed by atoms with Crippen molar-refractivity contribution < 1.29 is 14.7 Å². The summed E-state index contributed by atoms with van der Waals surface area (Å²) in [4.78, 5) is 27.3. The number of benzene rings is 2. The van der Waals surface area contributed by atoms with E-state index < -0.39 is 11.8 Å². The van der Waals surface area contributed by atoms with Crippen LogP contribution in [0.1, 0.15) is 29.4 Å². The number of carbonyl (C=O) groups excluding carboxylic acids is 2. The van der Waals surface area contributed by atoms with E-state index in [0.29, 0.717) is 5.69 Å². The van der Waals surface area contributed by atoms with Crippen molar-refractivity contribution in [1.82, 2.24) is 9.88 Å². The SMILES string of the molecule is CCc1ccc(N2C(=O)/C(=C/c3cc(C)n(-c4ccc(O)cc4)c3C)C(=O)NC2=S)cc1. The molecule has 0 atom stereocenters. The summed E-state index contributed by atoms with van der Waals surface area (Å²) < 4.78 is 2.00. The first-order valence-electron chi connectivity index (χ1n) is 10.3. The fourth-order valence-corrected chi connectivity index (χ4v) is 4.14. The van der Waals surface area contributed by atoms with Crippen molar-refractivity contribution in [2.45, 2.75) is 27.2 Å². The molecule has 1 fully saturated rings. The van der Waals surface area contributed by atoms with Gasteiger partial charge in [-0.3, -0.25) is 19.8 Å². The number of aromatic hydroxyl groups is 1. The number of nitrogens with zero attached hydrogens (tertiary/aromatic N) is 2. The molecule has 0 unspecified atom stereocenters. The number of hydrogen-bond donors (Lipinski definition) is 2. The quantitative estimate of drug-likeness (QED) is 0.359. The standard InChI is InChI=1S/C25H23N3O3S/c1-4-17-5-7-20(8-6-17)28-24(31)22(23(30)26-25(28)32)14-18-13-15(2)27(16(18)3)19-9-11-21(29)12-10-19/h5-14,29H,4H2,1-3H3,(H,26,30,32)/b22-14+. The van der Waals surface area contributed by atoms with Gasteiger partial charge in [-0.05, 0) is 92.2 Å². The summed E-state index contributed by atoms with van der Waals surface area (Å²) in [6, 6.07) is 16.3. The molecule has 0 aliphatic carbocycles. The molecule has 1 saturated heterocycles. The lowest BCUT2D eigenvalue weighted by Gasteiger charge is -2.29. The summed E-state index contributed by atoms with van der Waals surface area (Å²) in [7, 11) is 0. The maximum absolute atomic E-state index is 13.3. The van der Waals surface area contributed by atoms with Crippen molar-refractivity contribution in [3.8, 4) is 11.4 Å².